The highest BCUT2D eigenvalue weighted by atomic mass is 16.5. The van der Waals surface area contributed by atoms with Crippen LogP contribution >= 0.6 is 0 Å². The second-order valence-corrected chi connectivity index (χ2v) is 16.0. The first-order valence-corrected chi connectivity index (χ1v) is 18.2. The molecule has 0 aliphatic heterocycles. The molecule has 0 saturated heterocycles. The van der Waals surface area contributed by atoms with E-state index in [4.69, 9.17) is 4.74 Å². The Morgan fingerprint density at radius 3 is 1.86 bits per heavy atom. The fourth-order valence-electron chi connectivity index (χ4n) is 7.24. The van der Waals surface area contributed by atoms with Gasteiger partial charge in [-0.1, -0.05) is 166 Å². The summed E-state index contributed by atoms with van der Waals surface area (Å²) < 4.78 is 6.15. The van der Waals surface area contributed by atoms with E-state index in [1.165, 1.54) is 45.4 Å². The highest BCUT2D eigenvalue weighted by Gasteiger charge is 2.34. The topological polar surface area (TPSA) is 26.3 Å². The largest absolute Gasteiger partial charge is 0.495 e. The van der Waals surface area contributed by atoms with Crippen LogP contribution in [0, 0.1) is 22.7 Å². The molecule has 0 heterocycles. The Labute approximate surface area is 301 Å². The zero-order valence-electron chi connectivity index (χ0n) is 33.0. The number of hydrogen-bond donors (Lipinski definition) is 0. The van der Waals surface area contributed by atoms with E-state index in [2.05, 4.69) is 174 Å². The summed E-state index contributed by atoms with van der Waals surface area (Å²) in [6.45, 7) is 30.4. The number of allylic oxidation sites excluding steroid dienone is 22. The molecule has 0 fully saturated rings. The fourth-order valence-corrected chi connectivity index (χ4v) is 7.24. The monoisotopic (exact) mass is 663 g/mol. The third-order valence-electron chi connectivity index (χ3n) is 9.61. The van der Waals surface area contributed by atoms with Crippen LogP contribution in [-0.2, 0) is 9.53 Å². The molecule has 0 saturated carbocycles. The highest BCUT2D eigenvalue weighted by molar-refractivity contribution is 5.75. The molecule has 0 bridgehead atoms. The van der Waals surface area contributed by atoms with Crippen molar-refractivity contribution in [3.8, 4) is 0 Å². The first-order chi connectivity index (χ1) is 22.9. The molecule has 0 aromatic heterocycles. The van der Waals surface area contributed by atoms with Crippen LogP contribution in [0.2, 0.25) is 0 Å². The maximum absolute atomic E-state index is 11.3. The molecule has 2 nitrogen and oxygen atoms in total. The van der Waals surface area contributed by atoms with Gasteiger partial charge in [0, 0.05) is 25.2 Å². The minimum absolute atomic E-state index is 0.00384. The van der Waals surface area contributed by atoms with E-state index in [0.29, 0.717) is 30.1 Å². The second-order valence-electron chi connectivity index (χ2n) is 16.0. The van der Waals surface area contributed by atoms with Crippen molar-refractivity contribution in [2.45, 2.75) is 121 Å². The fraction of sp³-hybridized carbons (Fsp3) is 0.468. The molecule has 2 aliphatic carbocycles. The van der Waals surface area contributed by atoms with Crippen LogP contribution in [-0.4, -0.2) is 11.9 Å². The Hall–Kier alpha value is -3.65. The quantitative estimate of drug-likeness (QED) is 0.0991. The van der Waals surface area contributed by atoms with E-state index in [-0.39, 0.29) is 17.3 Å². The van der Waals surface area contributed by atoms with Crippen molar-refractivity contribution in [3.63, 3.8) is 0 Å². The van der Waals surface area contributed by atoms with Crippen molar-refractivity contribution in [1.82, 2.24) is 0 Å². The Morgan fingerprint density at radius 1 is 0.796 bits per heavy atom. The van der Waals surface area contributed by atoms with Crippen molar-refractivity contribution in [3.05, 3.63) is 142 Å². The molecule has 2 heteroatoms. The lowest BCUT2D eigenvalue weighted by Gasteiger charge is -2.39. The summed E-state index contributed by atoms with van der Waals surface area (Å²) in [5, 5.41) is 0. The van der Waals surface area contributed by atoms with Crippen molar-refractivity contribution in [1.29, 1.82) is 0 Å². The molecule has 266 valence electrons. The third-order valence-corrected chi connectivity index (χ3v) is 9.61. The highest BCUT2D eigenvalue weighted by Crippen LogP contribution is 2.44. The Balaban J connectivity index is 1.90. The van der Waals surface area contributed by atoms with Crippen LogP contribution in [0.3, 0.4) is 0 Å². The summed E-state index contributed by atoms with van der Waals surface area (Å²) in [6.07, 6.45) is 37.2. The number of ether oxygens (including phenoxy) is 1. The Bertz CT molecular complexity index is 1510. The maximum atomic E-state index is 11.3. The maximum Gasteiger partial charge on any atom is 0.130 e. The second kappa shape index (κ2) is 19.5. The van der Waals surface area contributed by atoms with Crippen molar-refractivity contribution in [2.75, 3.05) is 0 Å². The molecular weight excluding hydrogens is 597 g/mol. The molecule has 0 N–H and O–H groups in total. The van der Waals surface area contributed by atoms with Gasteiger partial charge in [0.25, 0.3) is 0 Å². The molecule has 2 aliphatic rings. The molecule has 0 aromatic rings. The van der Waals surface area contributed by atoms with Crippen LogP contribution in [0.25, 0.3) is 0 Å². The predicted octanol–water partition coefficient (Wildman–Crippen LogP) is 13.6. The van der Waals surface area contributed by atoms with Crippen molar-refractivity contribution < 1.29 is 9.53 Å². The minimum atomic E-state index is 0.00384. The summed E-state index contributed by atoms with van der Waals surface area (Å²) in [6, 6.07) is 0. The van der Waals surface area contributed by atoms with Gasteiger partial charge in [-0.2, -0.15) is 0 Å². The smallest absolute Gasteiger partial charge is 0.130 e. The molecule has 49 heavy (non-hydrogen) atoms. The van der Waals surface area contributed by atoms with Gasteiger partial charge in [-0.3, -0.25) is 0 Å². The van der Waals surface area contributed by atoms with Gasteiger partial charge in [-0.15, -0.1) is 0 Å². The first-order valence-electron chi connectivity index (χ1n) is 18.2. The van der Waals surface area contributed by atoms with Gasteiger partial charge in [-0.25, -0.2) is 0 Å². The average molecular weight is 663 g/mol. The lowest BCUT2D eigenvalue weighted by atomic mass is 9.66. The van der Waals surface area contributed by atoms with E-state index in [0.717, 1.165) is 18.6 Å². The Morgan fingerprint density at radius 2 is 1.33 bits per heavy atom. The number of carbonyl (C=O) groups is 1. The molecule has 0 spiro atoms. The molecule has 3 atom stereocenters. The van der Waals surface area contributed by atoms with Gasteiger partial charge in [0.2, 0.25) is 0 Å². The van der Waals surface area contributed by atoms with Crippen LogP contribution in [0.1, 0.15) is 115 Å². The summed E-state index contributed by atoms with van der Waals surface area (Å²) >= 11 is 0. The predicted molar refractivity (Wildman–Crippen MR) is 215 cm³/mol. The van der Waals surface area contributed by atoms with E-state index in [1.807, 2.05) is 0 Å². The SMILES string of the molecule is C=C(CCC(C)=O)OC1CC(C)=C(/C=C/C(C)=C/C=C/C(C)=C/C=C/C=C(C)/C=C/C=C(C)/C=C/C2C(C)=CC(C)CC2(C)C)C(C)(C)C1. The molecule has 0 amide bonds. The molecule has 2 rings (SSSR count). The number of hydrogen-bond acceptors (Lipinski definition) is 2. The van der Waals surface area contributed by atoms with Gasteiger partial charge in [0.15, 0.2) is 0 Å². The number of rotatable bonds is 15. The normalized spacial score (nSPS) is 24.2. The van der Waals surface area contributed by atoms with E-state index in [1.54, 1.807) is 6.92 Å². The Kier molecular flexibility index (Phi) is 16.5. The third kappa shape index (κ3) is 15.2. The minimum Gasteiger partial charge on any atom is -0.495 e. The zero-order chi connectivity index (χ0) is 36.8. The van der Waals surface area contributed by atoms with E-state index < -0.39 is 0 Å². The van der Waals surface area contributed by atoms with Crippen LogP contribution in [0.5, 0.6) is 0 Å². The van der Waals surface area contributed by atoms with Gasteiger partial charge in [0.05, 0.1) is 5.76 Å². The summed E-state index contributed by atoms with van der Waals surface area (Å²) in [5.41, 5.74) is 9.40. The van der Waals surface area contributed by atoms with Crippen LogP contribution in [0.15, 0.2) is 142 Å². The first kappa shape index (κ1) is 41.5. The average Bonchev–Trinajstić information content (AvgIpc) is 2.96. The van der Waals surface area contributed by atoms with Crippen molar-refractivity contribution >= 4 is 5.78 Å². The van der Waals surface area contributed by atoms with Crippen molar-refractivity contribution in [2.24, 2.45) is 22.7 Å². The standard InChI is InChI=1S/C47H66O2/c1-34(20-16-22-36(3)24-28-44-39(6)30-38(5)32-46(44,10)11)18-14-15-19-35(2)21-17-23-37(4)25-29-45-40(7)31-43(33-47(45,12)13)49-42(9)27-26-41(8)48/h14-25,28-30,38,43-44H,9,26-27,31-33H2,1-8,10-13H3/b15-14+,20-16+,21-17+,28-24+,29-25+,34-18+,35-19+,36-22+,37-23+. The molecule has 0 radical (unpaired) electrons. The number of ketones is 1. The van der Waals surface area contributed by atoms with Gasteiger partial charge in [-0.05, 0) is 83.6 Å². The van der Waals surface area contributed by atoms with E-state index in [9.17, 15) is 4.79 Å². The number of carbonyl (C=O) groups excluding carboxylic acids is 1. The van der Waals surface area contributed by atoms with Gasteiger partial charge in [0.1, 0.15) is 11.9 Å². The van der Waals surface area contributed by atoms with Gasteiger partial charge < -0.3 is 9.53 Å². The van der Waals surface area contributed by atoms with Gasteiger partial charge >= 0.3 is 0 Å². The lowest BCUT2D eigenvalue weighted by Crippen LogP contribution is -2.30. The van der Waals surface area contributed by atoms with E-state index >= 15 is 0 Å². The molecule has 0 aromatic carbocycles. The summed E-state index contributed by atoms with van der Waals surface area (Å²) in [7, 11) is 0. The molecular formula is C47H66O2. The summed E-state index contributed by atoms with van der Waals surface area (Å²) in [4.78, 5) is 11.3. The van der Waals surface area contributed by atoms with Crippen LogP contribution in [0.4, 0.5) is 0 Å². The lowest BCUT2D eigenvalue weighted by molar-refractivity contribution is -0.117. The van der Waals surface area contributed by atoms with Crippen LogP contribution < -0.4 is 0 Å². The summed E-state index contributed by atoms with van der Waals surface area (Å²) in [5.74, 6) is 2.05. The molecule has 3 unspecified atom stereocenters. The number of Topliss-reactive ketones (excluding diaryl/α,β-unsaturated/α-hetero) is 1. The zero-order valence-corrected chi connectivity index (χ0v) is 33.0.